The molecule has 0 atom stereocenters. The van der Waals surface area contributed by atoms with E-state index in [0.717, 1.165) is 6.26 Å². The monoisotopic (exact) mass is 206 g/mol. The fourth-order valence-corrected chi connectivity index (χ4v) is 1.83. The van der Waals surface area contributed by atoms with Gasteiger partial charge >= 0.3 is 0 Å². The Morgan fingerprint density at radius 3 is 2.75 bits per heavy atom. The third kappa shape index (κ3) is 2.88. The van der Waals surface area contributed by atoms with E-state index in [1.54, 1.807) is 18.5 Å². The predicted octanol–water partition coefficient (Wildman–Crippen LogP) is 1.02. The van der Waals surface area contributed by atoms with Crippen molar-refractivity contribution in [3.05, 3.63) is 22.7 Å². The molecule has 4 nitrogen and oxygen atoms in total. The second kappa shape index (κ2) is 3.51. The van der Waals surface area contributed by atoms with Gasteiger partial charge in [0, 0.05) is 11.6 Å². The van der Waals surface area contributed by atoms with E-state index in [9.17, 15) is 8.42 Å². The third-order valence-electron chi connectivity index (χ3n) is 1.01. The van der Waals surface area contributed by atoms with Crippen molar-refractivity contribution in [1.29, 1.82) is 0 Å². The molecule has 0 aliphatic heterocycles. The van der Waals surface area contributed by atoms with Crippen LogP contribution >= 0.6 is 11.3 Å². The van der Waals surface area contributed by atoms with Crippen LogP contribution in [0.25, 0.3) is 0 Å². The first kappa shape index (κ1) is 9.63. The normalized spacial score (nSPS) is 12.2. The van der Waals surface area contributed by atoms with Crippen molar-refractivity contribution in [1.82, 2.24) is 4.98 Å². The van der Waals surface area contributed by atoms with Crippen LogP contribution in [0.4, 0.5) is 0 Å². The van der Waals surface area contributed by atoms with Gasteiger partial charge in [-0.15, -0.1) is 11.3 Å². The van der Waals surface area contributed by atoms with Gasteiger partial charge in [0.1, 0.15) is 5.01 Å². The molecule has 1 heterocycles. The molecule has 0 aromatic carbocycles. The molecule has 0 aliphatic rings. The maximum atomic E-state index is 10.7. The molecule has 1 radical (unpaired) electrons. The van der Waals surface area contributed by atoms with Crippen molar-refractivity contribution in [3.8, 4) is 0 Å². The molecular formula is C6H8NO3S2. The predicted molar refractivity (Wildman–Crippen MR) is 46.1 cm³/mol. The largest absolute Gasteiger partial charge is 0.265 e. The van der Waals surface area contributed by atoms with Crippen LogP contribution in [0.1, 0.15) is 11.9 Å². The van der Waals surface area contributed by atoms with Crippen LogP contribution in [0.15, 0.2) is 11.6 Å². The summed E-state index contributed by atoms with van der Waals surface area (Å²) in [4.78, 5) is 3.89. The number of rotatable bonds is 3. The Kier molecular flexibility index (Phi) is 2.81. The summed E-state index contributed by atoms with van der Waals surface area (Å²) in [6, 6.07) is 0. The first-order chi connectivity index (χ1) is 5.49. The van der Waals surface area contributed by atoms with Crippen LogP contribution in [-0.2, 0) is 14.3 Å². The Morgan fingerprint density at radius 2 is 2.33 bits per heavy atom. The molecule has 1 aromatic rings. The number of hydrogen-bond donors (Lipinski definition) is 0. The van der Waals surface area contributed by atoms with Crippen molar-refractivity contribution in [3.63, 3.8) is 0 Å². The van der Waals surface area contributed by atoms with Crippen LogP contribution in [-0.4, -0.2) is 19.7 Å². The van der Waals surface area contributed by atoms with Crippen LogP contribution in [0, 0.1) is 6.10 Å². The second-order valence-corrected chi connectivity index (χ2v) is 4.65. The average molecular weight is 206 g/mol. The lowest BCUT2D eigenvalue weighted by atomic mass is 10.4. The van der Waals surface area contributed by atoms with Crippen LogP contribution in [0.3, 0.4) is 0 Å². The molecule has 0 bridgehead atoms. The molecule has 1 aromatic heterocycles. The summed E-state index contributed by atoms with van der Waals surface area (Å²) in [5.74, 6) is 0. The van der Waals surface area contributed by atoms with E-state index in [-0.39, 0.29) is 0 Å². The van der Waals surface area contributed by atoms with E-state index in [2.05, 4.69) is 9.17 Å². The van der Waals surface area contributed by atoms with E-state index in [1.165, 1.54) is 11.3 Å². The topological polar surface area (TPSA) is 56.3 Å². The lowest BCUT2D eigenvalue weighted by Crippen LogP contribution is -2.07. The average Bonchev–Trinajstić information content (AvgIpc) is 2.32. The third-order valence-corrected chi connectivity index (χ3v) is 2.44. The zero-order valence-electron chi connectivity index (χ0n) is 6.64. The SMILES string of the molecule is C[C](OS(C)(=O)=O)c1nccs1. The molecule has 12 heavy (non-hydrogen) atoms. The van der Waals surface area contributed by atoms with Crippen LogP contribution in [0.2, 0.25) is 0 Å². The van der Waals surface area contributed by atoms with Gasteiger partial charge in [-0.05, 0) is 6.92 Å². The Labute approximate surface area is 75.3 Å². The molecule has 0 spiro atoms. The summed E-state index contributed by atoms with van der Waals surface area (Å²) in [5, 5.41) is 2.34. The molecule has 0 saturated carbocycles. The van der Waals surface area contributed by atoms with E-state index in [0.29, 0.717) is 11.1 Å². The van der Waals surface area contributed by atoms with E-state index in [4.69, 9.17) is 0 Å². The van der Waals surface area contributed by atoms with Gasteiger partial charge < -0.3 is 0 Å². The first-order valence-electron chi connectivity index (χ1n) is 3.12. The van der Waals surface area contributed by atoms with Gasteiger partial charge in [-0.2, -0.15) is 8.42 Å². The van der Waals surface area contributed by atoms with Crippen molar-refractivity contribution in [2.75, 3.05) is 6.26 Å². The highest BCUT2D eigenvalue weighted by molar-refractivity contribution is 7.86. The number of nitrogens with zero attached hydrogens (tertiary/aromatic N) is 1. The molecule has 67 valence electrons. The quantitative estimate of drug-likeness (QED) is 0.693. The molecule has 0 N–H and O–H groups in total. The summed E-state index contributed by atoms with van der Waals surface area (Å²) in [6.07, 6.45) is 2.91. The number of thiazole rings is 1. The molecule has 0 saturated heterocycles. The molecule has 0 fully saturated rings. The maximum Gasteiger partial charge on any atom is 0.265 e. The number of aromatic nitrogens is 1. The summed E-state index contributed by atoms with van der Waals surface area (Å²) in [7, 11) is -3.42. The highest BCUT2D eigenvalue weighted by atomic mass is 32.2. The number of hydrogen-bond acceptors (Lipinski definition) is 5. The van der Waals surface area contributed by atoms with Crippen LogP contribution in [0.5, 0.6) is 0 Å². The maximum absolute atomic E-state index is 10.7. The molecule has 1 rings (SSSR count). The van der Waals surface area contributed by atoms with Crippen LogP contribution < -0.4 is 0 Å². The summed E-state index contributed by atoms with van der Waals surface area (Å²) < 4.78 is 26.0. The highest BCUT2D eigenvalue weighted by Crippen LogP contribution is 2.19. The van der Waals surface area contributed by atoms with Crippen molar-refractivity contribution >= 4 is 21.5 Å². The summed E-state index contributed by atoms with van der Waals surface area (Å²) in [6.45, 7) is 1.57. The molecule has 0 unspecified atom stereocenters. The van der Waals surface area contributed by atoms with Gasteiger partial charge in [-0.3, -0.25) is 4.18 Å². The Bertz CT molecular complexity index is 330. The fourth-order valence-electron chi connectivity index (χ4n) is 0.660. The first-order valence-corrected chi connectivity index (χ1v) is 5.81. The summed E-state index contributed by atoms with van der Waals surface area (Å²) in [5.41, 5.74) is 0. The second-order valence-electron chi connectivity index (χ2n) is 2.18. The van der Waals surface area contributed by atoms with E-state index in [1.807, 2.05) is 0 Å². The van der Waals surface area contributed by atoms with E-state index < -0.39 is 10.1 Å². The van der Waals surface area contributed by atoms with Gasteiger partial charge in [0.25, 0.3) is 10.1 Å². The van der Waals surface area contributed by atoms with Gasteiger partial charge in [-0.25, -0.2) is 4.98 Å². The van der Waals surface area contributed by atoms with Gasteiger partial charge in [-0.1, -0.05) is 0 Å². The molecular weight excluding hydrogens is 198 g/mol. The minimum absolute atomic E-state index is 0.313. The van der Waals surface area contributed by atoms with E-state index >= 15 is 0 Å². The Morgan fingerprint density at radius 1 is 1.67 bits per heavy atom. The standard InChI is InChI=1S/C6H8NO3S2/c1-5(10-12(2,8)9)6-7-3-4-11-6/h3-4H,1-2H3. The zero-order valence-corrected chi connectivity index (χ0v) is 8.28. The summed E-state index contributed by atoms with van der Waals surface area (Å²) >= 11 is 1.33. The van der Waals surface area contributed by atoms with Gasteiger partial charge in [0.05, 0.1) is 6.26 Å². The zero-order chi connectivity index (χ0) is 9.19. The minimum atomic E-state index is -3.42. The molecule has 6 heteroatoms. The smallest absolute Gasteiger partial charge is 0.253 e. The minimum Gasteiger partial charge on any atom is -0.253 e. The van der Waals surface area contributed by atoms with Crippen molar-refractivity contribution in [2.45, 2.75) is 6.92 Å². The Hall–Kier alpha value is -0.460. The molecule has 0 amide bonds. The highest BCUT2D eigenvalue weighted by Gasteiger charge is 2.15. The lowest BCUT2D eigenvalue weighted by molar-refractivity contribution is 0.359. The van der Waals surface area contributed by atoms with Gasteiger partial charge in [0.2, 0.25) is 0 Å². The lowest BCUT2D eigenvalue weighted by Gasteiger charge is -2.04. The van der Waals surface area contributed by atoms with Crippen molar-refractivity contribution in [2.24, 2.45) is 0 Å². The van der Waals surface area contributed by atoms with Gasteiger partial charge in [0.15, 0.2) is 6.10 Å². The molecule has 0 aliphatic carbocycles. The Balaban J connectivity index is 2.68. The van der Waals surface area contributed by atoms with Crippen molar-refractivity contribution < 1.29 is 12.6 Å². The fraction of sp³-hybridized carbons (Fsp3) is 0.333.